The van der Waals surface area contributed by atoms with Crippen LogP contribution in [0, 0.1) is 5.41 Å². The van der Waals surface area contributed by atoms with Gasteiger partial charge in [0.05, 0.1) is 6.61 Å². The van der Waals surface area contributed by atoms with E-state index in [9.17, 15) is 4.21 Å². The Kier molecular flexibility index (Phi) is 4.35. The Morgan fingerprint density at radius 1 is 1.38 bits per heavy atom. The molecule has 0 saturated carbocycles. The van der Waals surface area contributed by atoms with Gasteiger partial charge in [0.2, 0.25) is 0 Å². The fourth-order valence-electron chi connectivity index (χ4n) is 2.57. The normalized spacial score (nSPS) is 34.1. The maximum atomic E-state index is 11.3. The van der Waals surface area contributed by atoms with Gasteiger partial charge >= 0.3 is 0 Å². The van der Waals surface area contributed by atoms with Gasteiger partial charge in [0.25, 0.3) is 0 Å². The lowest BCUT2D eigenvalue weighted by Crippen LogP contribution is -2.50. The molecule has 1 atom stereocenters. The van der Waals surface area contributed by atoms with Gasteiger partial charge in [0, 0.05) is 60.5 Å². The number of hydrogen-bond acceptors (Lipinski definition) is 4. The van der Waals surface area contributed by atoms with Gasteiger partial charge in [-0.05, 0) is 12.8 Å². The van der Waals surface area contributed by atoms with Crippen molar-refractivity contribution in [2.75, 3.05) is 50.9 Å². The van der Waals surface area contributed by atoms with E-state index in [1.807, 2.05) is 0 Å². The summed E-state index contributed by atoms with van der Waals surface area (Å²) in [6.45, 7) is 5.30. The Morgan fingerprint density at radius 2 is 2.12 bits per heavy atom. The van der Waals surface area contributed by atoms with Crippen molar-refractivity contribution in [3.8, 4) is 0 Å². The molecule has 0 aromatic heterocycles. The van der Waals surface area contributed by atoms with E-state index in [0.29, 0.717) is 6.54 Å². The topological polar surface area (TPSA) is 55.6 Å². The molecule has 2 saturated heterocycles. The second-order valence-electron chi connectivity index (χ2n) is 4.98. The highest BCUT2D eigenvalue weighted by molar-refractivity contribution is 7.85. The molecule has 0 spiro atoms. The lowest BCUT2D eigenvalue weighted by molar-refractivity contribution is -0.0205. The zero-order chi connectivity index (χ0) is 11.4. The summed E-state index contributed by atoms with van der Waals surface area (Å²) < 4.78 is 16.9. The van der Waals surface area contributed by atoms with E-state index in [1.165, 1.54) is 6.42 Å². The van der Waals surface area contributed by atoms with Gasteiger partial charge in [-0.1, -0.05) is 0 Å². The molecular formula is C11H22N2O2S. The fourth-order valence-corrected chi connectivity index (χ4v) is 3.70. The van der Waals surface area contributed by atoms with Crippen molar-refractivity contribution in [1.82, 2.24) is 4.90 Å². The van der Waals surface area contributed by atoms with Crippen LogP contribution in [0.1, 0.15) is 12.8 Å². The van der Waals surface area contributed by atoms with E-state index in [1.54, 1.807) is 0 Å². The molecule has 0 bridgehead atoms. The van der Waals surface area contributed by atoms with E-state index in [2.05, 4.69) is 4.90 Å². The molecule has 2 fully saturated rings. The molecule has 2 rings (SSSR count). The average molecular weight is 246 g/mol. The summed E-state index contributed by atoms with van der Waals surface area (Å²) in [7, 11) is -0.587. The van der Waals surface area contributed by atoms with Gasteiger partial charge < -0.3 is 15.4 Å². The lowest BCUT2D eigenvalue weighted by Gasteiger charge is -2.41. The molecule has 0 aliphatic carbocycles. The third-order valence-electron chi connectivity index (χ3n) is 3.67. The summed E-state index contributed by atoms with van der Waals surface area (Å²) in [6, 6.07) is 0. The SMILES string of the molecule is NCC1(CN2CCS(=O)CC2)CCCOC1. The summed E-state index contributed by atoms with van der Waals surface area (Å²) >= 11 is 0. The van der Waals surface area contributed by atoms with Crippen LogP contribution in [0.3, 0.4) is 0 Å². The first-order valence-electron chi connectivity index (χ1n) is 6.09. The zero-order valence-corrected chi connectivity index (χ0v) is 10.6. The van der Waals surface area contributed by atoms with Crippen LogP contribution in [-0.4, -0.2) is 60.0 Å². The molecule has 2 heterocycles. The molecule has 0 aromatic carbocycles. The van der Waals surface area contributed by atoms with Crippen molar-refractivity contribution < 1.29 is 8.95 Å². The Bertz CT molecular complexity index is 244. The van der Waals surface area contributed by atoms with Crippen LogP contribution in [0.2, 0.25) is 0 Å². The summed E-state index contributed by atoms with van der Waals surface area (Å²) in [5, 5.41) is 0. The van der Waals surface area contributed by atoms with Crippen LogP contribution in [0.25, 0.3) is 0 Å². The molecule has 94 valence electrons. The first-order chi connectivity index (χ1) is 7.74. The van der Waals surface area contributed by atoms with Crippen LogP contribution in [0.15, 0.2) is 0 Å². The molecular weight excluding hydrogens is 224 g/mol. The van der Waals surface area contributed by atoms with E-state index in [-0.39, 0.29) is 5.41 Å². The monoisotopic (exact) mass is 246 g/mol. The molecule has 0 amide bonds. The highest BCUT2D eigenvalue weighted by Crippen LogP contribution is 2.28. The van der Waals surface area contributed by atoms with Crippen LogP contribution in [0.5, 0.6) is 0 Å². The van der Waals surface area contributed by atoms with Crippen molar-refractivity contribution in [2.45, 2.75) is 12.8 Å². The summed E-state index contributed by atoms with van der Waals surface area (Å²) in [5.41, 5.74) is 6.07. The van der Waals surface area contributed by atoms with Gasteiger partial charge in [-0.25, -0.2) is 0 Å². The molecule has 4 nitrogen and oxygen atoms in total. The smallest absolute Gasteiger partial charge is 0.0546 e. The van der Waals surface area contributed by atoms with Crippen LogP contribution in [0.4, 0.5) is 0 Å². The standard InChI is InChI=1S/C11H22N2O2S/c12-8-11(2-1-5-15-10-11)9-13-3-6-16(14)7-4-13/h1-10,12H2. The maximum Gasteiger partial charge on any atom is 0.0546 e. The number of nitrogens with two attached hydrogens (primary N) is 1. The minimum atomic E-state index is -0.587. The zero-order valence-electron chi connectivity index (χ0n) is 9.82. The van der Waals surface area contributed by atoms with Crippen LogP contribution in [-0.2, 0) is 15.5 Å². The summed E-state index contributed by atoms with van der Waals surface area (Å²) in [6.07, 6.45) is 2.29. The number of hydrogen-bond donors (Lipinski definition) is 1. The minimum absolute atomic E-state index is 0.150. The van der Waals surface area contributed by atoms with Gasteiger partial charge in [-0.3, -0.25) is 4.21 Å². The maximum absolute atomic E-state index is 11.3. The highest BCUT2D eigenvalue weighted by Gasteiger charge is 2.34. The highest BCUT2D eigenvalue weighted by atomic mass is 32.2. The van der Waals surface area contributed by atoms with Gasteiger partial charge in [-0.2, -0.15) is 0 Å². The first kappa shape index (κ1) is 12.5. The van der Waals surface area contributed by atoms with Crippen LogP contribution >= 0.6 is 0 Å². The van der Waals surface area contributed by atoms with Gasteiger partial charge in [0.15, 0.2) is 0 Å². The van der Waals surface area contributed by atoms with E-state index >= 15 is 0 Å². The Balaban J connectivity index is 1.88. The number of ether oxygens (including phenoxy) is 1. The van der Waals surface area contributed by atoms with E-state index in [0.717, 1.165) is 50.8 Å². The number of nitrogens with zero attached hydrogens (tertiary/aromatic N) is 1. The second kappa shape index (κ2) is 5.58. The van der Waals surface area contributed by atoms with E-state index in [4.69, 9.17) is 10.5 Å². The summed E-state index contributed by atoms with van der Waals surface area (Å²) in [4.78, 5) is 2.41. The fraction of sp³-hybridized carbons (Fsp3) is 1.00. The van der Waals surface area contributed by atoms with Crippen molar-refractivity contribution >= 4 is 10.8 Å². The average Bonchev–Trinajstić information content (AvgIpc) is 2.33. The number of rotatable bonds is 3. The third-order valence-corrected chi connectivity index (χ3v) is 4.94. The lowest BCUT2D eigenvalue weighted by atomic mass is 9.82. The predicted octanol–water partition coefficient (Wildman–Crippen LogP) is -0.194. The molecule has 1 unspecified atom stereocenters. The van der Waals surface area contributed by atoms with Crippen molar-refractivity contribution in [3.63, 3.8) is 0 Å². The molecule has 16 heavy (non-hydrogen) atoms. The first-order valence-corrected chi connectivity index (χ1v) is 7.58. The molecule has 5 heteroatoms. The Labute approximate surface area is 100.0 Å². The van der Waals surface area contributed by atoms with Crippen molar-refractivity contribution in [2.24, 2.45) is 11.1 Å². The minimum Gasteiger partial charge on any atom is -0.381 e. The van der Waals surface area contributed by atoms with E-state index < -0.39 is 10.8 Å². The molecule has 2 aliphatic rings. The van der Waals surface area contributed by atoms with Crippen molar-refractivity contribution in [3.05, 3.63) is 0 Å². The molecule has 2 aliphatic heterocycles. The quantitative estimate of drug-likeness (QED) is 0.750. The second-order valence-corrected chi connectivity index (χ2v) is 6.68. The van der Waals surface area contributed by atoms with Gasteiger partial charge in [0.1, 0.15) is 0 Å². The van der Waals surface area contributed by atoms with Crippen molar-refractivity contribution in [1.29, 1.82) is 0 Å². The molecule has 2 N–H and O–H groups in total. The molecule has 0 radical (unpaired) electrons. The largest absolute Gasteiger partial charge is 0.381 e. The molecule has 0 aromatic rings. The van der Waals surface area contributed by atoms with Crippen LogP contribution < -0.4 is 5.73 Å². The van der Waals surface area contributed by atoms with Gasteiger partial charge in [-0.15, -0.1) is 0 Å². The third kappa shape index (κ3) is 3.03. The Morgan fingerprint density at radius 3 is 2.69 bits per heavy atom. The predicted molar refractivity (Wildman–Crippen MR) is 65.9 cm³/mol. The summed E-state index contributed by atoms with van der Waals surface area (Å²) in [5.74, 6) is 1.64. The Hall–Kier alpha value is 0.0300.